The molecule has 1 nitrogen and oxygen atoms in total. The number of alkyl halides is 1. The van der Waals surface area contributed by atoms with Crippen LogP contribution in [-0.2, 0) is 10.9 Å². The van der Waals surface area contributed by atoms with Crippen LogP contribution in [0.3, 0.4) is 0 Å². The van der Waals surface area contributed by atoms with E-state index in [9.17, 15) is 5.11 Å². The second-order valence-corrected chi connectivity index (χ2v) is 3.91. The molecule has 12 heavy (non-hydrogen) atoms. The van der Waals surface area contributed by atoms with Crippen molar-refractivity contribution in [1.29, 1.82) is 0 Å². The minimum Gasteiger partial charge on any atom is -0.386 e. The fourth-order valence-corrected chi connectivity index (χ4v) is 1.72. The number of hydrogen-bond acceptors (Lipinski definition) is 1. The van der Waals surface area contributed by atoms with E-state index in [2.05, 4.69) is 15.9 Å². The number of hydrogen-bond donors (Lipinski definition) is 1. The monoisotopic (exact) mass is 228 g/mol. The summed E-state index contributed by atoms with van der Waals surface area (Å²) in [6, 6.07) is 7.89. The molecule has 1 N–H and O–H groups in total. The Morgan fingerprint density at radius 1 is 1.33 bits per heavy atom. The topological polar surface area (TPSA) is 20.2 Å². The first-order valence-corrected chi connectivity index (χ1v) is 5.04. The van der Waals surface area contributed by atoms with Crippen LogP contribution < -0.4 is 0 Å². The van der Waals surface area contributed by atoms with Crippen molar-refractivity contribution in [2.75, 3.05) is 0 Å². The molecule has 0 saturated heterocycles. The number of rotatable bonds is 2. The zero-order chi connectivity index (χ0) is 9.19. The van der Waals surface area contributed by atoms with Crippen molar-refractivity contribution in [3.05, 3.63) is 35.4 Å². The Bertz CT molecular complexity index is 263. The van der Waals surface area contributed by atoms with Crippen LogP contribution in [-0.4, -0.2) is 5.11 Å². The van der Waals surface area contributed by atoms with Crippen LogP contribution in [0.1, 0.15) is 25.0 Å². The minimum absolute atomic E-state index is 0.746. The van der Waals surface area contributed by atoms with Gasteiger partial charge in [0.2, 0.25) is 0 Å². The molecule has 1 aromatic carbocycles. The van der Waals surface area contributed by atoms with Crippen molar-refractivity contribution in [2.24, 2.45) is 0 Å². The first-order valence-electron chi connectivity index (χ1n) is 3.92. The van der Waals surface area contributed by atoms with Gasteiger partial charge in [0.1, 0.15) is 0 Å². The normalized spacial score (nSPS) is 11.7. The zero-order valence-corrected chi connectivity index (χ0v) is 8.93. The zero-order valence-electron chi connectivity index (χ0n) is 7.34. The summed E-state index contributed by atoms with van der Waals surface area (Å²) < 4.78 is 0. The summed E-state index contributed by atoms with van der Waals surface area (Å²) in [7, 11) is 0. The van der Waals surface area contributed by atoms with Gasteiger partial charge in [0.15, 0.2) is 0 Å². The van der Waals surface area contributed by atoms with Crippen LogP contribution in [0, 0.1) is 0 Å². The van der Waals surface area contributed by atoms with Crippen LogP contribution in [0.25, 0.3) is 0 Å². The lowest BCUT2D eigenvalue weighted by molar-refractivity contribution is 0.0779. The highest BCUT2D eigenvalue weighted by atomic mass is 79.9. The fourth-order valence-electron chi connectivity index (χ4n) is 1.23. The SMILES string of the molecule is CC(C)(O)c1ccccc1CBr. The summed E-state index contributed by atoms with van der Waals surface area (Å²) in [6.45, 7) is 3.60. The molecule has 0 heterocycles. The summed E-state index contributed by atoms with van der Waals surface area (Å²) >= 11 is 3.39. The molecule has 0 aliphatic carbocycles. The van der Waals surface area contributed by atoms with Gasteiger partial charge in [0.25, 0.3) is 0 Å². The van der Waals surface area contributed by atoms with Crippen LogP contribution in [0.2, 0.25) is 0 Å². The summed E-state index contributed by atoms with van der Waals surface area (Å²) in [5.41, 5.74) is 1.39. The van der Waals surface area contributed by atoms with Crippen molar-refractivity contribution in [3.63, 3.8) is 0 Å². The Morgan fingerprint density at radius 2 is 1.92 bits per heavy atom. The number of benzene rings is 1. The Kier molecular flexibility index (Phi) is 2.91. The maximum atomic E-state index is 9.78. The molecule has 0 unspecified atom stereocenters. The Morgan fingerprint density at radius 3 is 2.33 bits per heavy atom. The Labute approximate surface area is 81.6 Å². The first kappa shape index (κ1) is 9.75. The predicted octanol–water partition coefficient (Wildman–Crippen LogP) is 2.81. The van der Waals surface area contributed by atoms with E-state index < -0.39 is 5.60 Å². The van der Waals surface area contributed by atoms with Gasteiger partial charge in [-0.25, -0.2) is 0 Å². The van der Waals surface area contributed by atoms with Crippen LogP contribution in [0.4, 0.5) is 0 Å². The second-order valence-electron chi connectivity index (χ2n) is 3.35. The molecule has 0 aliphatic heterocycles. The fraction of sp³-hybridized carbons (Fsp3) is 0.400. The van der Waals surface area contributed by atoms with Gasteiger partial charge >= 0.3 is 0 Å². The molecule has 0 aliphatic rings. The van der Waals surface area contributed by atoms with E-state index in [1.54, 1.807) is 13.8 Å². The smallest absolute Gasteiger partial charge is 0.0843 e. The van der Waals surface area contributed by atoms with E-state index in [-0.39, 0.29) is 0 Å². The molecule has 66 valence electrons. The number of halogens is 1. The third-order valence-corrected chi connectivity index (χ3v) is 2.42. The highest BCUT2D eigenvalue weighted by Gasteiger charge is 2.18. The lowest BCUT2D eigenvalue weighted by atomic mass is 9.94. The van der Waals surface area contributed by atoms with Crippen molar-refractivity contribution in [3.8, 4) is 0 Å². The van der Waals surface area contributed by atoms with Gasteiger partial charge in [-0.15, -0.1) is 0 Å². The van der Waals surface area contributed by atoms with Crippen molar-refractivity contribution in [2.45, 2.75) is 24.8 Å². The largest absolute Gasteiger partial charge is 0.386 e. The van der Waals surface area contributed by atoms with Crippen LogP contribution in [0.5, 0.6) is 0 Å². The molecule has 0 bridgehead atoms. The van der Waals surface area contributed by atoms with Gasteiger partial charge in [-0.1, -0.05) is 40.2 Å². The van der Waals surface area contributed by atoms with Crippen molar-refractivity contribution >= 4 is 15.9 Å². The van der Waals surface area contributed by atoms with Gasteiger partial charge in [0, 0.05) is 5.33 Å². The summed E-state index contributed by atoms with van der Waals surface area (Å²) in [4.78, 5) is 0. The predicted molar refractivity (Wildman–Crippen MR) is 54.3 cm³/mol. The third kappa shape index (κ3) is 2.08. The van der Waals surface area contributed by atoms with E-state index in [0.717, 1.165) is 16.5 Å². The van der Waals surface area contributed by atoms with E-state index in [1.165, 1.54) is 0 Å². The standard InChI is InChI=1S/C10H13BrO/c1-10(2,12)9-6-4-3-5-8(9)7-11/h3-6,12H,7H2,1-2H3. The Hall–Kier alpha value is -0.340. The molecule has 1 aromatic rings. The molecular weight excluding hydrogens is 216 g/mol. The van der Waals surface area contributed by atoms with Crippen LogP contribution in [0.15, 0.2) is 24.3 Å². The maximum absolute atomic E-state index is 9.78. The van der Waals surface area contributed by atoms with E-state index in [4.69, 9.17) is 0 Å². The lowest BCUT2D eigenvalue weighted by Crippen LogP contribution is -2.17. The molecule has 1 rings (SSSR count). The molecule has 0 amide bonds. The van der Waals surface area contributed by atoms with Gasteiger partial charge < -0.3 is 5.11 Å². The average molecular weight is 229 g/mol. The maximum Gasteiger partial charge on any atom is 0.0843 e. The molecule has 0 spiro atoms. The molecule has 2 heteroatoms. The second kappa shape index (κ2) is 3.58. The van der Waals surface area contributed by atoms with E-state index in [0.29, 0.717) is 0 Å². The Balaban J connectivity index is 3.14. The van der Waals surface area contributed by atoms with Crippen LogP contribution >= 0.6 is 15.9 Å². The highest BCUT2D eigenvalue weighted by molar-refractivity contribution is 9.08. The first-order chi connectivity index (χ1) is 5.55. The quantitative estimate of drug-likeness (QED) is 0.773. The molecule has 0 fully saturated rings. The van der Waals surface area contributed by atoms with Crippen molar-refractivity contribution in [1.82, 2.24) is 0 Å². The number of aliphatic hydroxyl groups is 1. The molecule has 0 radical (unpaired) electrons. The molecule has 0 aromatic heterocycles. The van der Waals surface area contributed by atoms with Gasteiger partial charge in [-0.2, -0.15) is 0 Å². The summed E-state index contributed by atoms with van der Waals surface area (Å²) in [5, 5.41) is 10.6. The average Bonchev–Trinajstić information content (AvgIpc) is 2.03. The third-order valence-electron chi connectivity index (χ3n) is 1.82. The lowest BCUT2D eigenvalue weighted by Gasteiger charge is -2.20. The highest BCUT2D eigenvalue weighted by Crippen LogP contribution is 2.24. The van der Waals surface area contributed by atoms with Crippen molar-refractivity contribution < 1.29 is 5.11 Å². The van der Waals surface area contributed by atoms with Gasteiger partial charge in [0.05, 0.1) is 5.60 Å². The minimum atomic E-state index is -0.746. The molecular formula is C10H13BrO. The summed E-state index contributed by atoms with van der Waals surface area (Å²) in [5.74, 6) is 0. The summed E-state index contributed by atoms with van der Waals surface area (Å²) in [6.07, 6.45) is 0. The van der Waals surface area contributed by atoms with Gasteiger partial charge in [-0.3, -0.25) is 0 Å². The molecule has 0 atom stereocenters. The van der Waals surface area contributed by atoms with E-state index >= 15 is 0 Å². The van der Waals surface area contributed by atoms with E-state index in [1.807, 2.05) is 24.3 Å². The molecule has 0 saturated carbocycles. The van der Waals surface area contributed by atoms with Gasteiger partial charge in [-0.05, 0) is 25.0 Å².